The fraction of sp³-hybridized carbons (Fsp3) is 0.0588. The minimum absolute atomic E-state index is 0.184. The van der Waals surface area contributed by atoms with Crippen LogP contribution in [0, 0.1) is 29.1 Å². The Labute approximate surface area is 174 Å². The number of esters is 1. The van der Waals surface area contributed by atoms with Crippen molar-refractivity contribution in [1.29, 1.82) is 0 Å². The molecule has 0 atom stereocenters. The van der Waals surface area contributed by atoms with E-state index in [9.17, 15) is 26.7 Å². The average Bonchev–Trinajstić information content (AvgIpc) is 3.03. The minimum atomic E-state index is -2.27. The van der Waals surface area contributed by atoms with Crippen LogP contribution in [0.3, 0.4) is 0 Å². The SMILES string of the molecule is COC(=O)c1sc2cc(NC(=S)Nc3c(F)c(F)c(F)c(F)c3F)ccc2c1Cl. The first-order chi connectivity index (χ1) is 13.6. The Morgan fingerprint density at radius 1 is 1.03 bits per heavy atom. The Morgan fingerprint density at radius 2 is 1.62 bits per heavy atom. The van der Waals surface area contributed by atoms with E-state index in [2.05, 4.69) is 10.1 Å². The predicted octanol–water partition coefficient (Wildman–Crippen LogP) is 5.85. The van der Waals surface area contributed by atoms with E-state index in [-0.39, 0.29) is 9.90 Å². The van der Waals surface area contributed by atoms with Crippen molar-refractivity contribution < 1.29 is 31.5 Å². The topological polar surface area (TPSA) is 50.4 Å². The number of rotatable bonds is 3. The Balaban J connectivity index is 1.87. The first-order valence-electron chi connectivity index (χ1n) is 7.55. The first kappa shape index (κ1) is 21.2. The molecule has 152 valence electrons. The van der Waals surface area contributed by atoms with Crippen LogP contribution in [0.5, 0.6) is 0 Å². The molecule has 0 spiro atoms. The van der Waals surface area contributed by atoms with Gasteiger partial charge in [0.15, 0.2) is 28.4 Å². The van der Waals surface area contributed by atoms with Gasteiger partial charge in [-0.3, -0.25) is 0 Å². The van der Waals surface area contributed by atoms with Crippen molar-refractivity contribution in [2.75, 3.05) is 17.7 Å². The van der Waals surface area contributed by atoms with E-state index in [1.54, 1.807) is 6.07 Å². The van der Waals surface area contributed by atoms with Gasteiger partial charge in [-0.05, 0) is 30.4 Å². The van der Waals surface area contributed by atoms with E-state index in [0.717, 1.165) is 11.3 Å². The molecule has 4 nitrogen and oxygen atoms in total. The Hall–Kier alpha value is -2.50. The quantitative estimate of drug-likeness (QED) is 0.167. The van der Waals surface area contributed by atoms with Gasteiger partial charge >= 0.3 is 5.97 Å². The molecule has 3 rings (SSSR count). The highest BCUT2D eigenvalue weighted by Crippen LogP contribution is 2.37. The average molecular weight is 467 g/mol. The van der Waals surface area contributed by atoms with Crippen molar-refractivity contribution in [1.82, 2.24) is 0 Å². The van der Waals surface area contributed by atoms with Gasteiger partial charge < -0.3 is 15.4 Å². The molecule has 0 saturated heterocycles. The summed E-state index contributed by atoms with van der Waals surface area (Å²) in [5, 5.41) is 4.84. The number of carbonyl (C=O) groups excluding carboxylic acids is 1. The van der Waals surface area contributed by atoms with Crippen LogP contribution in [0.25, 0.3) is 10.1 Å². The molecule has 0 aliphatic rings. The molecule has 0 amide bonds. The van der Waals surface area contributed by atoms with E-state index in [1.807, 2.05) is 5.32 Å². The summed E-state index contributed by atoms with van der Waals surface area (Å²) < 4.78 is 72.3. The second-order valence-corrected chi connectivity index (χ2v) is 7.31. The number of anilines is 2. The van der Waals surface area contributed by atoms with E-state index in [1.165, 1.54) is 19.2 Å². The molecule has 0 aliphatic carbocycles. The molecule has 3 aromatic rings. The number of thiophene rings is 1. The maximum Gasteiger partial charge on any atom is 0.349 e. The van der Waals surface area contributed by atoms with Crippen LogP contribution in [0.4, 0.5) is 33.3 Å². The lowest BCUT2D eigenvalue weighted by molar-refractivity contribution is 0.0606. The number of methoxy groups -OCH3 is 1. The van der Waals surface area contributed by atoms with Crippen molar-refractivity contribution in [2.24, 2.45) is 0 Å². The molecule has 0 unspecified atom stereocenters. The normalized spacial score (nSPS) is 10.9. The van der Waals surface area contributed by atoms with Gasteiger partial charge in [0.2, 0.25) is 5.82 Å². The molecule has 2 N–H and O–H groups in total. The monoisotopic (exact) mass is 466 g/mol. The number of hydrogen-bond donors (Lipinski definition) is 2. The molecule has 0 fully saturated rings. The third-order valence-electron chi connectivity index (χ3n) is 3.71. The molecule has 0 aliphatic heterocycles. The van der Waals surface area contributed by atoms with Gasteiger partial charge in [-0.25, -0.2) is 26.7 Å². The third kappa shape index (κ3) is 3.85. The molecule has 0 bridgehead atoms. The number of hydrogen-bond acceptors (Lipinski definition) is 4. The van der Waals surface area contributed by atoms with E-state index in [4.69, 9.17) is 23.8 Å². The molecule has 2 aromatic carbocycles. The molecular formula is C17H8ClF5N2O2S2. The van der Waals surface area contributed by atoms with Gasteiger partial charge in [0.1, 0.15) is 10.6 Å². The van der Waals surface area contributed by atoms with Gasteiger partial charge in [-0.15, -0.1) is 11.3 Å². The number of fused-ring (bicyclic) bond motifs is 1. The summed E-state index contributed by atoms with van der Waals surface area (Å²) in [5.41, 5.74) is -0.972. The lowest BCUT2D eigenvalue weighted by Crippen LogP contribution is -2.22. The van der Waals surface area contributed by atoms with E-state index >= 15 is 0 Å². The molecular weight excluding hydrogens is 459 g/mol. The van der Waals surface area contributed by atoms with Crippen LogP contribution in [0.1, 0.15) is 9.67 Å². The van der Waals surface area contributed by atoms with Crippen LogP contribution in [-0.2, 0) is 4.74 Å². The number of carbonyl (C=O) groups is 1. The van der Waals surface area contributed by atoms with E-state index < -0.39 is 45.9 Å². The minimum Gasteiger partial charge on any atom is -0.465 e. The summed E-state index contributed by atoms with van der Waals surface area (Å²) >= 11 is 12.1. The van der Waals surface area contributed by atoms with Gasteiger partial charge in [-0.1, -0.05) is 11.6 Å². The van der Waals surface area contributed by atoms with Crippen molar-refractivity contribution in [3.8, 4) is 0 Å². The Morgan fingerprint density at radius 3 is 2.21 bits per heavy atom. The van der Waals surface area contributed by atoms with Crippen molar-refractivity contribution >= 4 is 67.7 Å². The zero-order valence-electron chi connectivity index (χ0n) is 14.1. The first-order valence-corrected chi connectivity index (χ1v) is 9.15. The number of benzene rings is 2. The molecule has 12 heteroatoms. The summed E-state index contributed by atoms with van der Waals surface area (Å²) in [6.07, 6.45) is 0. The summed E-state index contributed by atoms with van der Waals surface area (Å²) in [6, 6.07) is 4.59. The summed E-state index contributed by atoms with van der Waals surface area (Å²) in [4.78, 5) is 11.9. The van der Waals surface area contributed by atoms with E-state index in [0.29, 0.717) is 15.8 Å². The third-order valence-corrected chi connectivity index (χ3v) is 5.55. The maximum absolute atomic E-state index is 13.7. The van der Waals surface area contributed by atoms with Gasteiger partial charge in [0, 0.05) is 15.8 Å². The standard InChI is InChI=1S/C17H8ClF5N2O2S2/c1-27-16(26)15-8(18)6-3-2-5(4-7(6)29-15)24-17(28)25-14-12(22)10(20)9(19)11(21)13(14)23/h2-4H,1H3,(H2,24,25,28). The Bertz CT molecular complexity index is 1140. The smallest absolute Gasteiger partial charge is 0.349 e. The fourth-order valence-electron chi connectivity index (χ4n) is 2.36. The summed E-state index contributed by atoms with van der Waals surface area (Å²) in [5.74, 6) is -11.2. The molecule has 1 aromatic heterocycles. The highest BCUT2D eigenvalue weighted by atomic mass is 35.5. The second-order valence-electron chi connectivity index (χ2n) is 5.47. The largest absolute Gasteiger partial charge is 0.465 e. The van der Waals surface area contributed by atoms with Gasteiger partial charge in [0.25, 0.3) is 0 Å². The number of nitrogens with one attached hydrogen (secondary N) is 2. The van der Waals surface area contributed by atoms with Crippen molar-refractivity contribution in [3.63, 3.8) is 0 Å². The van der Waals surface area contributed by atoms with Gasteiger partial charge in [0.05, 0.1) is 12.1 Å². The Kier molecular flexibility index (Phi) is 5.92. The lowest BCUT2D eigenvalue weighted by Gasteiger charge is -2.13. The zero-order chi connectivity index (χ0) is 21.5. The van der Waals surface area contributed by atoms with Crippen LogP contribution >= 0.6 is 35.2 Å². The molecule has 0 radical (unpaired) electrons. The number of halogens is 6. The fourth-order valence-corrected chi connectivity index (χ4v) is 4.04. The second kappa shape index (κ2) is 8.09. The van der Waals surface area contributed by atoms with Crippen LogP contribution < -0.4 is 10.6 Å². The highest BCUT2D eigenvalue weighted by molar-refractivity contribution is 7.80. The number of thiocarbonyl (C=S) groups is 1. The predicted molar refractivity (Wildman–Crippen MR) is 104 cm³/mol. The lowest BCUT2D eigenvalue weighted by atomic mass is 10.2. The summed E-state index contributed by atoms with van der Waals surface area (Å²) in [6.45, 7) is 0. The zero-order valence-corrected chi connectivity index (χ0v) is 16.5. The molecule has 1 heterocycles. The maximum atomic E-state index is 13.7. The van der Waals surface area contributed by atoms with Crippen molar-refractivity contribution in [3.05, 3.63) is 57.2 Å². The number of ether oxygens (including phenoxy) is 1. The van der Waals surface area contributed by atoms with Crippen molar-refractivity contribution in [2.45, 2.75) is 0 Å². The summed E-state index contributed by atoms with van der Waals surface area (Å²) in [7, 11) is 1.21. The van der Waals surface area contributed by atoms with Crippen LogP contribution in [-0.4, -0.2) is 18.2 Å². The van der Waals surface area contributed by atoms with Crippen LogP contribution in [0.2, 0.25) is 5.02 Å². The van der Waals surface area contributed by atoms with Crippen LogP contribution in [0.15, 0.2) is 18.2 Å². The highest BCUT2D eigenvalue weighted by Gasteiger charge is 2.26. The molecule has 29 heavy (non-hydrogen) atoms. The molecule has 0 saturated carbocycles. The van der Waals surface area contributed by atoms with Gasteiger partial charge in [-0.2, -0.15) is 0 Å².